The van der Waals surface area contributed by atoms with Gasteiger partial charge in [-0.3, -0.25) is 10.1 Å². The summed E-state index contributed by atoms with van der Waals surface area (Å²) in [5, 5.41) is 3.99. The first-order chi connectivity index (χ1) is 8.45. The molecule has 1 aromatic rings. The highest BCUT2D eigenvalue weighted by Gasteiger charge is 2.24. The molecule has 100 valence electrons. The van der Waals surface area contributed by atoms with E-state index in [1.165, 1.54) is 7.11 Å². The molecule has 0 aromatic heterocycles. The van der Waals surface area contributed by atoms with Gasteiger partial charge in [-0.15, -0.1) is 0 Å². The number of ether oxygens (including phenoxy) is 1. The van der Waals surface area contributed by atoms with Crippen LogP contribution < -0.4 is 5.32 Å². The average Bonchev–Trinajstić information content (AvgIpc) is 2.35. The number of hydrogen-bond donors (Lipinski definition) is 1. The molecule has 1 aromatic carbocycles. The molecular weight excluding hydrogens is 250 g/mol. The molecular formula is C14H20ClNO2. The van der Waals surface area contributed by atoms with Gasteiger partial charge in [-0.25, -0.2) is 0 Å². The zero-order valence-electron chi connectivity index (χ0n) is 11.2. The van der Waals surface area contributed by atoms with Crippen molar-refractivity contribution in [2.45, 2.75) is 32.9 Å². The van der Waals surface area contributed by atoms with Crippen molar-refractivity contribution in [2.75, 3.05) is 7.11 Å². The summed E-state index contributed by atoms with van der Waals surface area (Å²) in [6.45, 7) is 5.99. The number of benzene rings is 1. The van der Waals surface area contributed by atoms with Crippen molar-refractivity contribution in [2.24, 2.45) is 5.92 Å². The van der Waals surface area contributed by atoms with Gasteiger partial charge in [0.05, 0.1) is 7.11 Å². The van der Waals surface area contributed by atoms with Gasteiger partial charge in [0.15, 0.2) is 0 Å². The van der Waals surface area contributed by atoms with E-state index >= 15 is 0 Å². The average molecular weight is 270 g/mol. The third-order valence-electron chi connectivity index (χ3n) is 2.92. The standard InChI is InChI=1S/C14H20ClNO2/c1-9(2)13(14(17)18-4)16-10(3)11-5-7-12(15)8-6-11/h5-10,13,16H,1-4H3/t10?,13-/m0/s1. The maximum atomic E-state index is 11.7. The Bertz CT molecular complexity index is 389. The predicted octanol–water partition coefficient (Wildman–Crippen LogP) is 3.19. The van der Waals surface area contributed by atoms with E-state index in [1.54, 1.807) is 0 Å². The lowest BCUT2D eigenvalue weighted by atomic mass is 10.0. The van der Waals surface area contributed by atoms with Gasteiger partial charge in [-0.2, -0.15) is 0 Å². The number of hydrogen-bond acceptors (Lipinski definition) is 3. The zero-order valence-corrected chi connectivity index (χ0v) is 12.0. The molecule has 0 aliphatic heterocycles. The molecule has 0 saturated carbocycles. The van der Waals surface area contributed by atoms with Crippen molar-refractivity contribution < 1.29 is 9.53 Å². The number of nitrogens with one attached hydrogen (secondary N) is 1. The molecule has 2 atom stereocenters. The largest absolute Gasteiger partial charge is 0.468 e. The number of rotatable bonds is 5. The van der Waals surface area contributed by atoms with Gasteiger partial charge in [-0.1, -0.05) is 37.6 Å². The van der Waals surface area contributed by atoms with Crippen LogP contribution in [-0.2, 0) is 9.53 Å². The number of carbonyl (C=O) groups excluding carboxylic acids is 1. The van der Waals surface area contributed by atoms with Gasteiger partial charge >= 0.3 is 5.97 Å². The van der Waals surface area contributed by atoms with Crippen molar-refractivity contribution in [3.05, 3.63) is 34.9 Å². The van der Waals surface area contributed by atoms with E-state index in [2.05, 4.69) is 5.32 Å². The van der Waals surface area contributed by atoms with Crippen molar-refractivity contribution >= 4 is 17.6 Å². The minimum atomic E-state index is -0.305. The fraction of sp³-hybridized carbons (Fsp3) is 0.500. The molecule has 1 rings (SSSR count). The van der Waals surface area contributed by atoms with E-state index in [-0.39, 0.29) is 24.0 Å². The van der Waals surface area contributed by atoms with Crippen LogP contribution >= 0.6 is 11.6 Å². The van der Waals surface area contributed by atoms with Gasteiger partial charge in [-0.05, 0) is 30.5 Å². The molecule has 0 bridgehead atoms. The van der Waals surface area contributed by atoms with E-state index in [0.717, 1.165) is 5.56 Å². The van der Waals surface area contributed by atoms with Gasteiger partial charge in [0.25, 0.3) is 0 Å². The molecule has 1 unspecified atom stereocenters. The van der Waals surface area contributed by atoms with Crippen LogP contribution in [0, 0.1) is 5.92 Å². The molecule has 3 nitrogen and oxygen atoms in total. The van der Waals surface area contributed by atoms with Gasteiger partial charge < -0.3 is 4.74 Å². The third kappa shape index (κ3) is 4.00. The Morgan fingerprint density at radius 3 is 2.22 bits per heavy atom. The molecule has 1 N–H and O–H groups in total. The highest BCUT2D eigenvalue weighted by molar-refractivity contribution is 6.30. The number of esters is 1. The summed E-state index contributed by atoms with van der Waals surface area (Å²) in [4.78, 5) is 11.7. The fourth-order valence-corrected chi connectivity index (χ4v) is 1.90. The van der Waals surface area contributed by atoms with Crippen molar-refractivity contribution in [1.82, 2.24) is 5.32 Å². The topological polar surface area (TPSA) is 38.3 Å². The molecule has 0 saturated heterocycles. The SMILES string of the molecule is COC(=O)[C@@H](NC(C)c1ccc(Cl)cc1)C(C)C. The van der Waals surface area contributed by atoms with Crippen LogP contribution in [0.1, 0.15) is 32.4 Å². The first-order valence-corrected chi connectivity index (χ1v) is 6.42. The van der Waals surface area contributed by atoms with Gasteiger partial charge in [0.2, 0.25) is 0 Å². The van der Waals surface area contributed by atoms with E-state index in [1.807, 2.05) is 45.0 Å². The molecule has 0 radical (unpaired) electrons. The van der Waals surface area contributed by atoms with Crippen LogP contribution in [0.5, 0.6) is 0 Å². The Hall–Kier alpha value is -1.06. The Kier molecular flexibility index (Phi) is 5.63. The minimum absolute atomic E-state index is 0.0637. The second kappa shape index (κ2) is 6.76. The van der Waals surface area contributed by atoms with Crippen molar-refractivity contribution in [3.63, 3.8) is 0 Å². The number of carbonyl (C=O) groups is 1. The Labute approximate surface area is 113 Å². The Morgan fingerprint density at radius 1 is 1.22 bits per heavy atom. The van der Waals surface area contributed by atoms with Crippen LogP contribution in [0.15, 0.2) is 24.3 Å². The van der Waals surface area contributed by atoms with Gasteiger partial charge in [0, 0.05) is 11.1 Å². The first kappa shape index (κ1) is 15.0. The lowest BCUT2D eigenvalue weighted by molar-refractivity contribution is -0.144. The smallest absolute Gasteiger partial charge is 0.323 e. The maximum Gasteiger partial charge on any atom is 0.323 e. The Balaban J connectivity index is 2.75. The molecule has 0 fully saturated rings. The van der Waals surface area contributed by atoms with Crippen LogP contribution in [0.25, 0.3) is 0 Å². The zero-order chi connectivity index (χ0) is 13.7. The third-order valence-corrected chi connectivity index (χ3v) is 3.17. The number of methoxy groups -OCH3 is 1. The van der Waals surface area contributed by atoms with E-state index < -0.39 is 0 Å². The summed E-state index contributed by atoms with van der Waals surface area (Å²) in [7, 11) is 1.41. The summed E-state index contributed by atoms with van der Waals surface area (Å²) < 4.78 is 4.81. The first-order valence-electron chi connectivity index (χ1n) is 6.05. The summed E-state index contributed by atoms with van der Waals surface area (Å²) in [5.74, 6) is -0.0574. The minimum Gasteiger partial charge on any atom is -0.468 e. The Morgan fingerprint density at radius 2 is 1.78 bits per heavy atom. The highest BCUT2D eigenvalue weighted by Crippen LogP contribution is 2.18. The fourth-order valence-electron chi connectivity index (χ4n) is 1.78. The van der Waals surface area contributed by atoms with Crippen LogP contribution in [0.4, 0.5) is 0 Å². The van der Waals surface area contributed by atoms with Crippen LogP contribution in [0.3, 0.4) is 0 Å². The lowest BCUT2D eigenvalue weighted by Crippen LogP contribution is -2.42. The summed E-state index contributed by atoms with van der Waals surface area (Å²) in [6.07, 6.45) is 0. The maximum absolute atomic E-state index is 11.7. The molecule has 4 heteroatoms. The summed E-state index contributed by atoms with van der Waals surface area (Å²) >= 11 is 5.85. The molecule has 0 amide bonds. The quantitative estimate of drug-likeness (QED) is 0.835. The normalized spacial score (nSPS) is 14.3. The van der Waals surface area contributed by atoms with Crippen molar-refractivity contribution in [3.8, 4) is 0 Å². The molecule has 0 heterocycles. The van der Waals surface area contributed by atoms with E-state index in [9.17, 15) is 4.79 Å². The van der Waals surface area contributed by atoms with E-state index in [0.29, 0.717) is 5.02 Å². The second-order valence-corrected chi connectivity index (χ2v) is 5.12. The van der Waals surface area contributed by atoms with Crippen molar-refractivity contribution in [1.29, 1.82) is 0 Å². The lowest BCUT2D eigenvalue weighted by Gasteiger charge is -2.24. The predicted molar refractivity (Wildman–Crippen MR) is 73.6 cm³/mol. The highest BCUT2D eigenvalue weighted by atomic mass is 35.5. The van der Waals surface area contributed by atoms with Crippen LogP contribution in [0.2, 0.25) is 5.02 Å². The molecule has 0 spiro atoms. The summed E-state index contributed by atoms with van der Waals surface area (Å²) in [6, 6.07) is 7.35. The summed E-state index contributed by atoms with van der Waals surface area (Å²) in [5.41, 5.74) is 1.09. The van der Waals surface area contributed by atoms with Crippen LogP contribution in [-0.4, -0.2) is 19.1 Å². The molecule has 0 aliphatic rings. The molecule has 0 aliphatic carbocycles. The van der Waals surface area contributed by atoms with E-state index in [4.69, 9.17) is 16.3 Å². The second-order valence-electron chi connectivity index (χ2n) is 4.68. The number of halogens is 1. The monoisotopic (exact) mass is 269 g/mol. The molecule has 18 heavy (non-hydrogen) atoms. The van der Waals surface area contributed by atoms with Gasteiger partial charge in [0.1, 0.15) is 6.04 Å².